The number of benzene rings is 1. The van der Waals surface area contributed by atoms with Gasteiger partial charge in [0.1, 0.15) is 9.88 Å². The predicted octanol–water partition coefficient (Wildman–Crippen LogP) is 5.17. The molecule has 0 unspecified atom stereocenters. The minimum atomic E-state index is -0.441. The molecule has 2 heterocycles. The van der Waals surface area contributed by atoms with Crippen LogP contribution in [0.1, 0.15) is 37.4 Å². The lowest BCUT2D eigenvalue weighted by molar-refractivity contribution is 0.0527. The summed E-state index contributed by atoms with van der Waals surface area (Å²) >= 11 is 8.09. The molecule has 0 aliphatic carbocycles. The number of hydrogen-bond acceptors (Lipinski definition) is 7. The van der Waals surface area contributed by atoms with E-state index in [0.717, 1.165) is 10.4 Å². The van der Waals surface area contributed by atoms with Gasteiger partial charge in [0.2, 0.25) is 0 Å². The van der Waals surface area contributed by atoms with E-state index in [1.54, 1.807) is 18.4 Å². The standard InChI is InChI=1S/C21H20N2O4S3/c1-3-27-19(24)15-12-14(11-13-7-5-4-6-8-13)30-18(15)23-21(28)22-16-9-10-29-17(16)20(25)26-2/h4-10,12H,3,11H2,1-2H3,(H2,22,23,28). The molecule has 2 N–H and O–H groups in total. The highest BCUT2D eigenvalue weighted by atomic mass is 32.1. The number of methoxy groups -OCH3 is 1. The molecule has 0 spiro atoms. The van der Waals surface area contributed by atoms with E-state index in [1.165, 1.54) is 29.8 Å². The van der Waals surface area contributed by atoms with E-state index in [9.17, 15) is 9.59 Å². The lowest BCUT2D eigenvalue weighted by Crippen LogP contribution is -2.21. The first kappa shape index (κ1) is 21.9. The Hall–Kier alpha value is -2.75. The zero-order valence-corrected chi connectivity index (χ0v) is 18.8. The summed E-state index contributed by atoms with van der Waals surface area (Å²) in [6.07, 6.45) is 0.691. The van der Waals surface area contributed by atoms with E-state index in [2.05, 4.69) is 10.6 Å². The van der Waals surface area contributed by atoms with Gasteiger partial charge in [0.25, 0.3) is 0 Å². The predicted molar refractivity (Wildman–Crippen MR) is 125 cm³/mol. The highest BCUT2D eigenvalue weighted by Gasteiger charge is 2.20. The van der Waals surface area contributed by atoms with Gasteiger partial charge in [-0.2, -0.15) is 0 Å². The van der Waals surface area contributed by atoms with Crippen LogP contribution in [0.15, 0.2) is 47.8 Å². The van der Waals surface area contributed by atoms with Crippen LogP contribution in [-0.4, -0.2) is 30.8 Å². The van der Waals surface area contributed by atoms with Crippen molar-refractivity contribution in [1.82, 2.24) is 0 Å². The van der Waals surface area contributed by atoms with Crippen molar-refractivity contribution in [2.45, 2.75) is 13.3 Å². The first-order valence-electron chi connectivity index (χ1n) is 9.09. The highest BCUT2D eigenvalue weighted by Crippen LogP contribution is 2.31. The van der Waals surface area contributed by atoms with Gasteiger partial charge in [0.05, 0.1) is 25.0 Å². The Morgan fingerprint density at radius 3 is 2.57 bits per heavy atom. The maximum absolute atomic E-state index is 12.4. The summed E-state index contributed by atoms with van der Waals surface area (Å²) in [5, 5.41) is 8.68. The average molecular weight is 461 g/mol. The Morgan fingerprint density at radius 1 is 1.10 bits per heavy atom. The number of rotatable bonds is 7. The second-order valence-electron chi connectivity index (χ2n) is 6.07. The summed E-state index contributed by atoms with van der Waals surface area (Å²) in [6.45, 7) is 2.04. The Labute approximate surface area is 187 Å². The van der Waals surface area contributed by atoms with E-state index in [0.29, 0.717) is 27.5 Å². The molecule has 156 valence electrons. The second-order valence-corrected chi connectivity index (χ2v) is 8.53. The van der Waals surface area contributed by atoms with Gasteiger partial charge in [-0.3, -0.25) is 0 Å². The molecule has 0 radical (unpaired) electrons. The van der Waals surface area contributed by atoms with Gasteiger partial charge >= 0.3 is 11.9 Å². The summed E-state index contributed by atoms with van der Waals surface area (Å²) in [4.78, 5) is 25.7. The van der Waals surface area contributed by atoms with E-state index < -0.39 is 11.9 Å². The number of hydrogen-bond donors (Lipinski definition) is 2. The zero-order valence-electron chi connectivity index (χ0n) is 16.4. The molecule has 1 aromatic carbocycles. The molecule has 3 aromatic rings. The van der Waals surface area contributed by atoms with Crippen LogP contribution in [0.4, 0.5) is 10.7 Å². The molecular formula is C21H20N2O4S3. The summed E-state index contributed by atoms with van der Waals surface area (Å²) in [7, 11) is 1.33. The van der Waals surface area contributed by atoms with Crippen LogP contribution in [-0.2, 0) is 15.9 Å². The largest absolute Gasteiger partial charge is 0.465 e. The molecule has 0 fully saturated rings. The van der Waals surface area contributed by atoms with E-state index in [1.807, 2.05) is 36.4 Å². The van der Waals surface area contributed by atoms with Crippen molar-refractivity contribution >= 4 is 62.6 Å². The van der Waals surface area contributed by atoms with Gasteiger partial charge in [0.15, 0.2) is 5.11 Å². The number of carbonyl (C=O) groups excluding carboxylic acids is 2. The number of nitrogens with one attached hydrogen (secondary N) is 2. The van der Waals surface area contributed by atoms with Crippen molar-refractivity contribution in [2.24, 2.45) is 0 Å². The Bertz CT molecular complexity index is 1040. The number of carbonyl (C=O) groups is 2. The van der Waals surface area contributed by atoms with Crippen molar-refractivity contribution in [3.63, 3.8) is 0 Å². The van der Waals surface area contributed by atoms with Crippen LogP contribution in [0.3, 0.4) is 0 Å². The number of anilines is 2. The van der Waals surface area contributed by atoms with Crippen molar-refractivity contribution in [1.29, 1.82) is 0 Å². The summed E-state index contributed by atoms with van der Waals surface area (Å²) in [6, 6.07) is 13.6. The summed E-state index contributed by atoms with van der Waals surface area (Å²) in [5.74, 6) is -0.854. The molecule has 0 saturated carbocycles. The van der Waals surface area contributed by atoms with Crippen LogP contribution >= 0.6 is 34.9 Å². The highest BCUT2D eigenvalue weighted by molar-refractivity contribution is 7.80. The fourth-order valence-corrected chi connectivity index (χ4v) is 4.82. The maximum Gasteiger partial charge on any atom is 0.350 e. The Kier molecular flexibility index (Phi) is 7.56. The number of thiophene rings is 2. The molecule has 30 heavy (non-hydrogen) atoms. The molecule has 0 atom stereocenters. The van der Waals surface area contributed by atoms with E-state index >= 15 is 0 Å². The first-order valence-corrected chi connectivity index (χ1v) is 11.2. The third-order valence-corrected chi connectivity index (χ3v) is 6.16. The van der Waals surface area contributed by atoms with Crippen molar-refractivity contribution < 1.29 is 19.1 Å². The minimum Gasteiger partial charge on any atom is -0.465 e. The third-order valence-electron chi connectivity index (χ3n) is 4.01. The van der Waals surface area contributed by atoms with Gasteiger partial charge in [0, 0.05) is 11.3 Å². The third kappa shape index (κ3) is 5.44. The number of esters is 2. The van der Waals surface area contributed by atoms with Crippen LogP contribution < -0.4 is 10.6 Å². The van der Waals surface area contributed by atoms with Crippen LogP contribution in [0.25, 0.3) is 0 Å². The van der Waals surface area contributed by atoms with Gasteiger partial charge in [-0.15, -0.1) is 22.7 Å². The van der Waals surface area contributed by atoms with E-state index in [-0.39, 0.29) is 11.7 Å². The molecule has 0 aliphatic heterocycles. The monoisotopic (exact) mass is 460 g/mol. The van der Waals surface area contributed by atoms with Crippen LogP contribution in [0, 0.1) is 0 Å². The van der Waals surface area contributed by atoms with Gasteiger partial charge in [-0.05, 0) is 42.2 Å². The molecule has 3 rings (SSSR count). The average Bonchev–Trinajstić information content (AvgIpc) is 3.35. The Balaban J connectivity index is 1.79. The normalized spacial score (nSPS) is 10.3. The molecular weight excluding hydrogens is 440 g/mol. The summed E-state index contributed by atoms with van der Waals surface area (Å²) in [5.41, 5.74) is 2.11. The fourth-order valence-electron chi connectivity index (χ4n) is 2.69. The van der Waals surface area contributed by atoms with Gasteiger partial charge in [-0.1, -0.05) is 30.3 Å². The van der Waals surface area contributed by atoms with Crippen LogP contribution in [0.2, 0.25) is 0 Å². The number of ether oxygens (including phenoxy) is 2. The Morgan fingerprint density at radius 2 is 1.87 bits per heavy atom. The second kappa shape index (κ2) is 10.3. The van der Waals surface area contributed by atoms with E-state index in [4.69, 9.17) is 21.7 Å². The molecule has 6 nitrogen and oxygen atoms in total. The summed E-state index contributed by atoms with van der Waals surface area (Å²) < 4.78 is 9.97. The quantitative estimate of drug-likeness (QED) is 0.372. The van der Waals surface area contributed by atoms with Crippen molar-refractivity contribution in [2.75, 3.05) is 24.4 Å². The lowest BCUT2D eigenvalue weighted by atomic mass is 10.1. The smallest absolute Gasteiger partial charge is 0.350 e. The molecule has 0 aliphatic rings. The zero-order chi connectivity index (χ0) is 21.5. The van der Waals surface area contributed by atoms with Crippen molar-refractivity contribution in [3.05, 3.63) is 68.7 Å². The topological polar surface area (TPSA) is 76.7 Å². The SMILES string of the molecule is CCOC(=O)c1cc(Cc2ccccc2)sc1NC(=S)Nc1ccsc1C(=O)OC. The fraction of sp³-hybridized carbons (Fsp3) is 0.190. The lowest BCUT2D eigenvalue weighted by Gasteiger charge is -2.10. The molecule has 0 amide bonds. The number of thiocarbonyl (C=S) groups is 1. The van der Waals surface area contributed by atoms with Gasteiger partial charge in [-0.25, -0.2) is 9.59 Å². The van der Waals surface area contributed by atoms with Crippen molar-refractivity contribution in [3.8, 4) is 0 Å². The molecule has 0 saturated heterocycles. The van der Waals surface area contributed by atoms with Gasteiger partial charge < -0.3 is 20.1 Å². The molecule has 9 heteroatoms. The minimum absolute atomic E-state index is 0.261. The maximum atomic E-state index is 12.4. The van der Waals surface area contributed by atoms with Crippen LogP contribution in [0.5, 0.6) is 0 Å². The molecule has 0 bridgehead atoms. The first-order chi connectivity index (χ1) is 14.5. The molecule has 2 aromatic heterocycles.